The van der Waals surface area contributed by atoms with E-state index in [1.807, 2.05) is 14.1 Å². The number of amides is 5. The van der Waals surface area contributed by atoms with Crippen molar-refractivity contribution < 1.29 is 59.4 Å². The molecule has 16 nitrogen and oxygen atoms in total. The molecule has 0 aliphatic carbocycles. The Morgan fingerprint density at radius 3 is 1.58 bits per heavy atom. The van der Waals surface area contributed by atoms with Crippen LogP contribution in [0.1, 0.15) is 33.8 Å². The Kier molecular flexibility index (Phi) is 17.6. The van der Waals surface area contributed by atoms with Gasteiger partial charge in [0.05, 0.1) is 45.2 Å². The van der Waals surface area contributed by atoms with Crippen molar-refractivity contribution in [3.63, 3.8) is 0 Å². The first kappa shape index (κ1) is 51.2. The Morgan fingerprint density at radius 2 is 1.14 bits per heavy atom. The van der Waals surface area contributed by atoms with E-state index in [0.717, 1.165) is 25.2 Å². The van der Waals surface area contributed by atoms with E-state index in [1.165, 1.54) is 48.3 Å². The summed E-state index contributed by atoms with van der Waals surface area (Å²) in [5.41, 5.74) is 1.42. The summed E-state index contributed by atoms with van der Waals surface area (Å²) in [5.74, 6) is -3.81. The molecule has 0 radical (unpaired) electrons. The van der Waals surface area contributed by atoms with Gasteiger partial charge in [-0.2, -0.15) is 17.6 Å². The Bertz CT molecular complexity index is 2570. The van der Waals surface area contributed by atoms with Crippen LogP contribution in [-0.2, 0) is 17.9 Å². The molecule has 4 aromatic carbocycles. The summed E-state index contributed by atoms with van der Waals surface area (Å²) >= 11 is 0. The van der Waals surface area contributed by atoms with Crippen LogP contribution in [0.2, 0.25) is 0 Å². The number of nitrogens with one attached hydrogen (secondary N) is 1. The molecular weight excluding hydrogens is 917 g/mol. The van der Waals surface area contributed by atoms with Crippen molar-refractivity contribution >= 4 is 35.1 Å². The third-order valence-electron chi connectivity index (χ3n) is 11.3. The number of likely N-dealkylation sites (N-methyl/N-ethyl adjacent to an activating group) is 2. The van der Waals surface area contributed by atoms with E-state index in [9.17, 15) is 36.7 Å². The molecule has 5 aromatic rings. The number of halogens is 6. The summed E-state index contributed by atoms with van der Waals surface area (Å²) in [7, 11) is 6.94. The molecule has 1 aromatic heterocycles. The van der Waals surface area contributed by atoms with Crippen LogP contribution >= 0.6 is 0 Å². The van der Waals surface area contributed by atoms with E-state index in [0.29, 0.717) is 62.1 Å². The molecule has 2 aliphatic rings. The normalized spacial score (nSPS) is 14.3. The number of carbonyl (C=O) groups excluding carboxylic acids is 4. The van der Waals surface area contributed by atoms with Crippen LogP contribution in [0.5, 0.6) is 11.5 Å². The number of urea groups is 2. The van der Waals surface area contributed by atoms with Crippen LogP contribution in [-0.4, -0.2) is 147 Å². The monoisotopic (exact) mass is 967 g/mol. The van der Waals surface area contributed by atoms with Gasteiger partial charge in [-0.05, 0) is 56.6 Å². The number of benzene rings is 4. The summed E-state index contributed by atoms with van der Waals surface area (Å²) in [6, 6.07) is 21.1. The number of piperazine rings is 2. The predicted molar refractivity (Wildman–Crippen MR) is 242 cm³/mol. The highest BCUT2D eigenvalue weighted by molar-refractivity contribution is 6.00. The molecule has 0 saturated carbocycles. The van der Waals surface area contributed by atoms with Crippen molar-refractivity contribution in [1.29, 1.82) is 0 Å². The van der Waals surface area contributed by atoms with Gasteiger partial charge in [0.2, 0.25) is 5.89 Å². The van der Waals surface area contributed by atoms with E-state index in [-0.39, 0.29) is 53.3 Å². The Hall–Kier alpha value is -7.20. The average Bonchev–Trinajstić information content (AvgIpc) is 3.86. The maximum Gasteiger partial charge on any atom is 0.325 e. The molecule has 0 bridgehead atoms. The van der Waals surface area contributed by atoms with Crippen LogP contribution < -0.4 is 24.6 Å². The number of nitrogens with zero attached hydrogens (tertiary/aromatic N) is 8. The maximum absolute atomic E-state index is 15.1. The number of para-hydroxylation sites is 4. The van der Waals surface area contributed by atoms with Gasteiger partial charge < -0.3 is 38.8 Å². The molecule has 1 N–H and O–H groups in total. The minimum atomic E-state index is -3.25. The quantitative estimate of drug-likeness (QED) is 0.0906. The van der Waals surface area contributed by atoms with Gasteiger partial charge in [-0.15, -0.1) is 10.2 Å². The third kappa shape index (κ3) is 13.1. The number of hydrogen-bond acceptors (Lipinski definition) is 11. The number of ether oxygens (including phenoxy) is 2. The number of methoxy groups -OCH3 is 2. The zero-order valence-corrected chi connectivity index (χ0v) is 38.2. The minimum Gasteiger partial charge on any atom is -0.495 e. The van der Waals surface area contributed by atoms with E-state index in [4.69, 9.17) is 13.9 Å². The predicted octanol–water partition coefficient (Wildman–Crippen LogP) is 6.97. The summed E-state index contributed by atoms with van der Waals surface area (Å²) < 4.78 is 95.9. The lowest BCUT2D eigenvalue weighted by atomic mass is 10.1. The third-order valence-corrected chi connectivity index (χ3v) is 11.3. The van der Waals surface area contributed by atoms with Crippen LogP contribution in [0.4, 0.5) is 47.3 Å². The molecule has 2 aliphatic heterocycles. The highest BCUT2D eigenvalue weighted by Gasteiger charge is 2.30. The smallest absolute Gasteiger partial charge is 0.325 e. The van der Waals surface area contributed by atoms with Crippen molar-refractivity contribution in [1.82, 2.24) is 35.1 Å². The SMILES string of the molecule is COc1ccccc1N(Cc1ccc(-c2nnc(C(F)F)o2)cc1F)C(=O)N1CCN(C)CC1.COc1ccccc1N(Cc1ccc(C(=O)CNC(=O)C(F)F)cc1F)C(=O)N1CCN(C)CC1. The molecule has 69 heavy (non-hydrogen) atoms. The lowest BCUT2D eigenvalue weighted by Crippen LogP contribution is -2.52. The number of anilines is 2. The lowest BCUT2D eigenvalue weighted by molar-refractivity contribution is -0.131. The van der Waals surface area contributed by atoms with Gasteiger partial charge in [0.25, 0.3) is 11.8 Å². The molecule has 7 rings (SSSR count). The second kappa shape index (κ2) is 23.7. The van der Waals surface area contributed by atoms with E-state index in [2.05, 4.69) is 20.0 Å². The summed E-state index contributed by atoms with van der Waals surface area (Å²) in [6.45, 7) is 4.13. The second-order valence-electron chi connectivity index (χ2n) is 16.0. The fourth-order valence-electron chi connectivity index (χ4n) is 7.34. The fraction of sp³-hybridized carbons (Fsp3) is 0.362. The van der Waals surface area contributed by atoms with Gasteiger partial charge in [-0.3, -0.25) is 19.4 Å². The number of Topliss-reactive ketones (excluding diaryl/α,β-unsaturated/α-hetero) is 1. The van der Waals surface area contributed by atoms with Gasteiger partial charge in [0.15, 0.2) is 5.78 Å². The summed E-state index contributed by atoms with van der Waals surface area (Å²) in [4.78, 5) is 60.7. The number of ketones is 1. The molecule has 3 heterocycles. The Balaban J connectivity index is 0.000000227. The average molecular weight is 968 g/mol. The van der Waals surface area contributed by atoms with Crippen molar-refractivity contribution in [3.05, 3.63) is 119 Å². The topological polar surface area (TPSA) is 157 Å². The fourth-order valence-corrected chi connectivity index (χ4v) is 7.34. The lowest BCUT2D eigenvalue weighted by Gasteiger charge is -2.36. The zero-order chi connectivity index (χ0) is 49.8. The van der Waals surface area contributed by atoms with Crippen molar-refractivity contribution in [2.75, 3.05) is 97.0 Å². The maximum atomic E-state index is 15.1. The largest absolute Gasteiger partial charge is 0.495 e. The molecule has 0 unspecified atom stereocenters. The molecule has 0 atom stereocenters. The first-order valence-corrected chi connectivity index (χ1v) is 21.6. The summed E-state index contributed by atoms with van der Waals surface area (Å²) in [6.07, 6.45) is -6.17. The van der Waals surface area contributed by atoms with E-state index < -0.39 is 48.6 Å². The van der Waals surface area contributed by atoms with Crippen molar-refractivity contribution in [3.8, 4) is 23.0 Å². The minimum absolute atomic E-state index is 0.0657. The zero-order valence-electron chi connectivity index (χ0n) is 38.2. The first-order valence-electron chi connectivity index (χ1n) is 21.6. The van der Waals surface area contributed by atoms with Gasteiger partial charge in [0, 0.05) is 74.6 Å². The highest BCUT2D eigenvalue weighted by atomic mass is 19.3. The van der Waals surface area contributed by atoms with Crippen LogP contribution in [0.3, 0.4) is 0 Å². The number of hydrogen-bond donors (Lipinski definition) is 1. The van der Waals surface area contributed by atoms with Crippen molar-refractivity contribution in [2.24, 2.45) is 0 Å². The van der Waals surface area contributed by atoms with Crippen LogP contribution in [0, 0.1) is 11.6 Å². The number of carbonyl (C=O) groups is 4. The Morgan fingerprint density at radius 1 is 0.667 bits per heavy atom. The van der Waals surface area contributed by atoms with E-state index in [1.54, 1.807) is 63.6 Å². The number of alkyl halides is 4. The molecule has 2 saturated heterocycles. The number of aromatic nitrogens is 2. The second-order valence-corrected chi connectivity index (χ2v) is 16.0. The molecular formula is C47H51F6N9O7. The first-order chi connectivity index (χ1) is 33.1. The van der Waals surface area contributed by atoms with Gasteiger partial charge >= 0.3 is 24.9 Å². The molecule has 0 spiro atoms. The summed E-state index contributed by atoms with van der Waals surface area (Å²) in [5, 5.41) is 8.62. The van der Waals surface area contributed by atoms with Gasteiger partial charge in [-0.1, -0.05) is 42.5 Å². The van der Waals surface area contributed by atoms with Gasteiger partial charge in [-0.25, -0.2) is 18.4 Å². The van der Waals surface area contributed by atoms with Crippen LogP contribution in [0.25, 0.3) is 11.5 Å². The van der Waals surface area contributed by atoms with Crippen molar-refractivity contribution in [2.45, 2.75) is 25.9 Å². The standard InChI is InChI=1S/C24H27F3N4O4.C23H24F3N5O3/c1-29-9-11-30(12-10-29)24(34)31(19-5-3-4-6-21(19)35-2)15-17-8-7-16(13-18(17)25)20(32)14-28-23(33)22(26)27;1-29-9-11-30(12-10-29)23(32)31(18-5-3-4-6-19(18)33-2)14-16-8-7-15(13-17(16)24)21-27-28-22(34-21)20(25)26/h3-8,13,22H,9-12,14-15H2,1-2H3,(H,28,33);3-8,13,20H,9-12,14H2,1-2H3. The highest BCUT2D eigenvalue weighted by Crippen LogP contribution is 2.33. The molecule has 2 fully saturated rings. The Labute approximate surface area is 393 Å². The molecule has 368 valence electrons. The number of rotatable bonds is 14. The molecule has 5 amide bonds. The van der Waals surface area contributed by atoms with Gasteiger partial charge in [0.1, 0.15) is 23.1 Å². The molecule has 22 heteroatoms. The van der Waals surface area contributed by atoms with E-state index >= 15 is 8.78 Å². The van der Waals surface area contributed by atoms with Crippen LogP contribution in [0.15, 0.2) is 89.3 Å².